The first kappa shape index (κ1) is 39.8. The molecule has 0 spiro atoms. The highest BCUT2D eigenvalue weighted by atomic mass is 19.4. The third-order valence-corrected chi connectivity index (χ3v) is 9.73. The number of hydrogen-bond donors (Lipinski definition) is 0. The van der Waals surface area contributed by atoms with Crippen molar-refractivity contribution in [2.24, 2.45) is 0 Å². The van der Waals surface area contributed by atoms with Gasteiger partial charge in [-0.25, -0.2) is 0 Å². The number of aromatic nitrogens is 2. The molecule has 0 atom stereocenters. The van der Waals surface area contributed by atoms with Crippen molar-refractivity contribution in [3.05, 3.63) is 96.3 Å². The number of alkyl halides is 3. The predicted molar refractivity (Wildman–Crippen MR) is 206 cm³/mol. The number of anilines is 1. The van der Waals surface area contributed by atoms with Crippen molar-refractivity contribution in [2.75, 3.05) is 60.6 Å². The summed E-state index contributed by atoms with van der Waals surface area (Å²) in [6.07, 6.45) is 0.427. The van der Waals surface area contributed by atoms with E-state index in [1.165, 1.54) is 12.1 Å². The van der Waals surface area contributed by atoms with Crippen LogP contribution in [0.5, 0.6) is 40.2 Å². The van der Waals surface area contributed by atoms with E-state index < -0.39 is 6.36 Å². The van der Waals surface area contributed by atoms with Crippen LogP contribution in [0.2, 0.25) is 0 Å². The summed E-state index contributed by atoms with van der Waals surface area (Å²) in [5.41, 5.74) is 5.96. The molecule has 0 saturated carbocycles. The lowest BCUT2D eigenvalue weighted by Gasteiger charge is -2.40. The van der Waals surface area contributed by atoms with Crippen molar-refractivity contribution in [1.82, 2.24) is 14.9 Å². The summed E-state index contributed by atoms with van der Waals surface area (Å²) >= 11 is 0. The lowest BCUT2D eigenvalue weighted by molar-refractivity contribution is -0.274. The van der Waals surface area contributed by atoms with Gasteiger partial charge in [0.1, 0.15) is 5.75 Å². The maximum absolute atomic E-state index is 13.0. The van der Waals surface area contributed by atoms with Crippen LogP contribution in [0.4, 0.5) is 18.9 Å². The third kappa shape index (κ3) is 9.31. The monoisotopic (exact) mass is 774 g/mol. The zero-order chi connectivity index (χ0) is 39.8. The first-order valence-electron chi connectivity index (χ1n) is 17.9. The Balaban J connectivity index is 1.22. The fourth-order valence-corrected chi connectivity index (χ4v) is 7.03. The van der Waals surface area contributed by atoms with E-state index in [0.717, 1.165) is 66.1 Å². The topological polar surface area (TPSA) is 96.9 Å². The summed E-state index contributed by atoms with van der Waals surface area (Å²) in [5.74, 6) is 2.84. The highest BCUT2D eigenvalue weighted by Crippen LogP contribution is 2.42. The van der Waals surface area contributed by atoms with E-state index in [-0.39, 0.29) is 11.8 Å². The average molecular weight is 775 g/mol. The van der Waals surface area contributed by atoms with Crippen molar-refractivity contribution in [3.8, 4) is 62.8 Å². The fraction of sp³-hybridized carbons (Fsp3) is 0.333. The molecule has 0 amide bonds. The normalized spacial score (nSPS) is 13.5. The minimum absolute atomic E-state index is 0.102. The molecule has 0 bridgehead atoms. The Morgan fingerprint density at radius 3 is 1.54 bits per heavy atom. The molecule has 3 heterocycles. The highest BCUT2D eigenvalue weighted by molar-refractivity contribution is 5.70. The van der Waals surface area contributed by atoms with Crippen LogP contribution in [0, 0.1) is 0 Å². The molecule has 11 nitrogen and oxygen atoms in total. The Morgan fingerprint density at radius 1 is 0.625 bits per heavy atom. The molecule has 0 aliphatic carbocycles. The number of methoxy groups -OCH3 is 6. The summed E-state index contributed by atoms with van der Waals surface area (Å²) in [7, 11) is 9.41. The number of halogens is 3. The minimum atomic E-state index is -4.78. The molecule has 1 saturated heterocycles. The number of nitrogens with zero attached hydrogens (tertiary/aromatic N) is 4. The first-order valence-corrected chi connectivity index (χ1v) is 17.9. The molecular formula is C42H45F3N4O7. The van der Waals surface area contributed by atoms with Crippen LogP contribution < -0.4 is 38.1 Å². The van der Waals surface area contributed by atoms with Crippen LogP contribution in [-0.4, -0.2) is 83.0 Å². The number of benzene rings is 3. The quantitative estimate of drug-likeness (QED) is 0.103. The van der Waals surface area contributed by atoms with Gasteiger partial charge in [0, 0.05) is 61.4 Å². The number of ether oxygens (including phenoxy) is 7. The number of piperidine rings is 1. The van der Waals surface area contributed by atoms with E-state index in [1.807, 2.05) is 42.5 Å². The lowest BCUT2D eigenvalue weighted by atomic mass is 10.00. The third-order valence-electron chi connectivity index (χ3n) is 9.73. The van der Waals surface area contributed by atoms with Crippen molar-refractivity contribution in [3.63, 3.8) is 0 Å². The highest BCUT2D eigenvalue weighted by Gasteiger charge is 2.31. The molecule has 1 aliphatic heterocycles. The minimum Gasteiger partial charge on any atom is -0.493 e. The van der Waals surface area contributed by atoms with Gasteiger partial charge < -0.3 is 38.1 Å². The van der Waals surface area contributed by atoms with Gasteiger partial charge in [-0.1, -0.05) is 0 Å². The Morgan fingerprint density at radius 2 is 1.09 bits per heavy atom. The van der Waals surface area contributed by atoms with Gasteiger partial charge in [-0.15, -0.1) is 13.2 Å². The van der Waals surface area contributed by atoms with Gasteiger partial charge in [0.15, 0.2) is 23.0 Å². The van der Waals surface area contributed by atoms with Gasteiger partial charge in [-0.2, -0.15) is 0 Å². The Hall–Kier alpha value is -5.89. The van der Waals surface area contributed by atoms with Gasteiger partial charge >= 0.3 is 6.36 Å². The first-order chi connectivity index (χ1) is 27.1. The van der Waals surface area contributed by atoms with Crippen LogP contribution >= 0.6 is 0 Å². The molecule has 14 heteroatoms. The lowest BCUT2D eigenvalue weighted by Crippen LogP contribution is -2.44. The summed E-state index contributed by atoms with van der Waals surface area (Å²) in [4.78, 5) is 13.9. The maximum atomic E-state index is 13.0. The van der Waals surface area contributed by atoms with Crippen LogP contribution in [0.15, 0.2) is 85.2 Å². The molecule has 56 heavy (non-hydrogen) atoms. The van der Waals surface area contributed by atoms with Crippen LogP contribution in [-0.2, 0) is 13.1 Å². The fourth-order valence-electron chi connectivity index (χ4n) is 7.03. The number of hydrogen-bond acceptors (Lipinski definition) is 11. The zero-order valence-electron chi connectivity index (χ0n) is 32.2. The summed E-state index contributed by atoms with van der Waals surface area (Å²) < 4.78 is 76.4. The largest absolute Gasteiger partial charge is 0.573 e. The van der Waals surface area contributed by atoms with E-state index in [0.29, 0.717) is 46.7 Å². The van der Waals surface area contributed by atoms with E-state index in [2.05, 4.69) is 30.6 Å². The smallest absolute Gasteiger partial charge is 0.493 e. The maximum Gasteiger partial charge on any atom is 0.573 e. The molecule has 2 aromatic heterocycles. The molecule has 1 fully saturated rings. The molecule has 6 rings (SSSR count). The van der Waals surface area contributed by atoms with Gasteiger partial charge in [-0.05, 0) is 96.8 Å². The Kier molecular flexibility index (Phi) is 12.6. The molecular weight excluding hydrogens is 729 g/mol. The van der Waals surface area contributed by atoms with E-state index >= 15 is 0 Å². The molecule has 5 aromatic rings. The van der Waals surface area contributed by atoms with Gasteiger partial charge in [0.05, 0.1) is 54.0 Å². The van der Waals surface area contributed by atoms with E-state index in [9.17, 15) is 13.2 Å². The SMILES string of the molecule is COc1cc(-c2cc(CN3CCC(N(Cc4ccnc(-c5cc(OC)c(OC)c(OC)c5)c4)c4ccc(OC(F)(F)F)cc4)CC3)ccn2)cc(OC)c1OC. The summed E-state index contributed by atoms with van der Waals surface area (Å²) in [6, 6.07) is 21.6. The number of pyridine rings is 2. The second kappa shape index (κ2) is 17.7. The molecule has 1 aliphatic rings. The van der Waals surface area contributed by atoms with Gasteiger partial charge in [-0.3, -0.25) is 14.9 Å². The molecule has 296 valence electrons. The Bertz CT molecular complexity index is 2040. The zero-order valence-corrected chi connectivity index (χ0v) is 32.2. The van der Waals surface area contributed by atoms with Crippen LogP contribution in [0.1, 0.15) is 24.0 Å². The van der Waals surface area contributed by atoms with Gasteiger partial charge in [0.2, 0.25) is 11.5 Å². The van der Waals surface area contributed by atoms with Crippen LogP contribution in [0.25, 0.3) is 22.5 Å². The predicted octanol–water partition coefficient (Wildman–Crippen LogP) is 8.43. The van der Waals surface area contributed by atoms with Crippen molar-refractivity contribution < 1.29 is 46.3 Å². The average Bonchev–Trinajstić information content (AvgIpc) is 3.22. The van der Waals surface area contributed by atoms with Gasteiger partial charge in [0.25, 0.3) is 0 Å². The summed E-state index contributed by atoms with van der Waals surface area (Å²) in [5, 5.41) is 0. The number of likely N-dealkylation sites (tertiary alicyclic amines) is 1. The molecule has 0 N–H and O–H groups in total. The van der Waals surface area contributed by atoms with E-state index in [1.54, 1.807) is 67.2 Å². The molecule has 0 unspecified atom stereocenters. The Labute approximate surface area is 324 Å². The molecule has 0 radical (unpaired) electrons. The molecule has 3 aromatic carbocycles. The second-order valence-corrected chi connectivity index (χ2v) is 13.1. The van der Waals surface area contributed by atoms with Crippen molar-refractivity contribution in [2.45, 2.75) is 38.3 Å². The van der Waals surface area contributed by atoms with E-state index in [4.69, 9.17) is 28.4 Å². The van der Waals surface area contributed by atoms with Crippen molar-refractivity contribution in [1.29, 1.82) is 0 Å². The standard InChI is InChI=1S/C42H45F3N4O7/c1-50-36-21-29(22-37(51-2)40(36)54-5)34-19-27(11-15-46-34)25-48-17-13-32(14-18-48)49(31-7-9-33(10-8-31)56-42(43,44)45)26-28-12-16-47-35(20-28)30-23-38(52-3)41(55-6)39(24-30)53-4/h7-12,15-16,19-24,32H,13-14,17-18,25-26H2,1-6H3. The second-order valence-electron chi connectivity index (χ2n) is 13.1. The number of rotatable bonds is 15. The van der Waals surface area contributed by atoms with Crippen molar-refractivity contribution >= 4 is 5.69 Å². The summed E-state index contributed by atoms with van der Waals surface area (Å²) in [6.45, 7) is 2.84. The van der Waals surface area contributed by atoms with Crippen LogP contribution in [0.3, 0.4) is 0 Å².